The van der Waals surface area contributed by atoms with Gasteiger partial charge in [-0.3, -0.25) is 9.59 Å². The number of ether oxygens (including phenoxy) is 1. The number of amides is 2. The molecule has 0 bridgehead atoms. The minimum atomic E-state index is -0.680. The fourth-order valence-corrected chi connectivity index (χ4v) is 2.10. The molecule has 0 saturated carbocycles. The zero-order valence-corrected chi connectivity index (χ0v) is 11.8. The molecule has 1 fully saturated rings. The van der Waals surface area contributed by atoms with Gasteiger partial charge < -0.3 is 30.7 Å². The van der Waals surface area contributed by atoms with E-state index in [9.17, 15) is 24.9 Å². The van der Waals surface area contributed by atoms with E-state index in [0.717, 1.165) is 18.6 Å². The molecule has 0 spiro atoms. The second-order valence-corrected chi connectivity index (χ2v) is 4.91. The van der Waals surface area contributed by atoms with Gasteiger partial charge in [-0.1, -0.05) is 0 Å². The first kappa shape index (κ1) is 15.9. The highest BCUT2D eigenvalue weighted by molar-refractivity contribution is 5.95. The van der Waals surface area contributed by atoms with Crippen molar-refractivity contribution in [1.29, 1.82) is 0 Å². The van der Waals surface area contributed by atoms with E-state index in [1.54, 1.807) is 0 Å². The molecule has 2 amide bonds. The maximum atomic E-state index is 11.8. The predicted octanol–water partition coefficient (Wildman–Crippen LogP) is -0.172. The van der Waals surface area contributed by atoms with E-state index >= 15 is 0 Å². The van der Waals surface area contributed by atoms with Crippen LogP contribution in [-0.2, 0) is 9.53 Å². The van der Waals surface area contributed by atoms with Crippen molar-refractivity contribution >= 4 is 11.8 Å². The predicted molar refractivity (Wildman–Crippen MR) is 75.8 cm³/mol. The smallest absolute Gasteiger partial charge is 0.251 e. The van der Waals surface area contributed by atoms with Crippen molar-refractivity contribution in [3.8, 4) is 17.2 Å². The molecular formula is C14H18N2O6. The van der Waals surface area contributed by atoms with Crippen molar-refractivity contribution in [3.63, 3.8) is 0 Å². The SMILES string of the molecule is O=C(NCCNC(=O)C1CCCO1)c1cc(O)c(O)c(O)c1. The molecule has 1 saturated heterocycles. The second-order valence-electron chi connectivity index (χ2n) is 4.91. The van der Waals surface area contributed by atoms with Gasteiger partial charge in [-0.25, -0.2) is 0 Å². The van der Waals surface area contributed by atoms with Gasteiger partial charge in [-0.2, -0.15) is 0 Å². The maximum Gasteiger partial charge on any atom is 0.251 e. The number of nitrogens with one attached hydrogen (secondary N) is 2. The summed E-state index contributed by atoms with van der Waals surface area (Å²) < 4.78 is 5.22. The molecule has 2 rings (SSSR count). The molecule has 1 aliphatic rings. The Morgan fingerprint density at radius 3 is 2.36 bits per heavy atom. The quantitative estimate of drug-likeness (QED) is 0.379. The Morgan fingerprint density at radius 2 is 1.77 bits per heavy atom. The van der Waals surface area contributed by atoms with Crippen LogP contribution < -0.4 is 10.6 Å². The van der Waals surface area contributed by atoms with Gasteiger partial charge >= 0.3 is 0 Å². The molecule has 5 N–H and O–H groups in total. The molecule has 120 valence electrons. The van der Waals surface area contributed by atoms with E-state index in [1.807, 2.05) is 0 Å². The number of benzene rings is 1. The van der Waals surface area contributed by atoms with Crippen molar-refractivity contribution in [3.05, 3.63) is 17.7 Å². The molecule has 1 heterocycles. The van der Waals surface area contributed by atoms with Gasteiger partial charge in [0.2, 0.25) is 5.91 Å². The Bertz CT molecular complexity index is 545. The lowest BCUT2D eigenvalue weighted by Crippen LogP contribution is -2.39. The molecule has 0 aliphatic carbocycles. The van der Waals surface area contributed by atoms with Gasteiger partial charge in [-0.15, -0.1) is 0 Å². The monoisotopic (exact) mass is 310 g/mol. The van der Waals surface area contributed by atoms with Gasteiger partial charge in [0.1, 0.15) is 6.10 Å². The van der Waals surface area contributed by atoms with Crippen LogP contribution >= 0.6 is 0 Å². The molecule has 1 aliphatic heterocycles. The van der Waals surface area contributed by atoms with Gasteiger partial charge in [0.15, 0.2) is 17.2 Å². The highest BCUT2D eigenvalue weighted by atomic mass is 16.5. The van der Waals surface area contributed by atoms with E-state index in [4.69, 9.17) is 4.74 Å². The summed E-state index contributed by atoms with van der Waals surface area (Å²) >= 11 is 0. The molecule has 1 aromatic carbocycles. The van der Waals surface area contributed by atoms with Crippen LogP contribution in [0.3, 0.4) is 0 Å². The average Bonchev–Trinajstić information content (AvgIpc) is 3.02. The number of phenols is 3. The maximum absolute atomic E-state index is 11.8. The Kier molecular flexibility index (Phi) is 5.05. The molecule has 22 heavy (non-hydrogen) atoms. The molecular weight excluding hydrogens is 292 g/mol. The van der Waals surface area contributed by atoms with Gasteiger partial charge in [0, 0.05) is 25.3 Å². The van der Waals surface area contributed by atoms with E-state index in [0.29, 0.717) is 13.0 Å². The number of aromatic hydroxyl groups is 3. The third-order valence-electron chi connectivity index (χ3n) is 3.26. The highest BCUT2D eigenvalue weighted by Gasteiger charge is 2.22. The van der Waals surface area contributed by atoms with E-state index in [2.05, 4.69) is 10.6 Å². The van der Waals surface area contributed by atoms with Crippen LogP contribution in [0.5, 0.6) is 17.2 Å². The number of rotatable bonds is 5. The summed E-state index contributed by atoms with van der Waals surface area (Å²) in [6.07, 6.45) is 1.15. The van der Waals surface area contributed by atoms with Crippen LogP contribution in [-0.4, -0.2) is 52.9 Å². The molecule has 0 aromatic heterocycles. The summed E-state index contributed by atoms with van der Waals surface area (Å²) in [6, 6.07) is 2.07. The number of carbonyl (C=O) groups is 2. The Balaban J connectivity index is 1.77. The zero-order valence-electron chi connectivity index (χ0n) is 11.8. The van der Waals surface area contributed by atoms with E-state index in [-0.39, 0.29) is 24.6 Å². The molecule has 1 atom stereocenters. The van der Waals surface area contributed by atoms with Crippen LogP contribution in [0.1, 0.15) is 23.2 Å². The highest BCUT2D eigenvalue weighted by Crippen LogP contribution is 2.35. The van der Waals surface area contributed by atoms with E-state index in [1.165, 1.54) is 0 Å². The zero-order chi connectivity index (χ0) is 16.1. The van der Waals surface area contributed by atoms with Crippen LogP contribution in [0.15, 0.2) is 12.1 Å². The fourth-order valence-electron chi connectivity index (χ4n) is 2.10. The normalized spacial score (nSPS) is 17.2. The van der Waals surface area contributed by atoms with Crippen LogP contribution in [0, 0.1) is 0 Å². The van der Waals surface area contributed by atoms with Gasteiger partial charge in [-0.05, 0) is 25.0 Å². The fraction of sp³-hybridized carbons (Fsp3) is 0.429. The first-order chi connectivity index (χ1) is 10.5. The number of phenolic OH excluding ortho intramolecular Hbond substituents is 3. The lowest BCUT2D eigenvalue weighted by atomic mass is 10.1. The third kappa shape index (κ3) is 3.79. The first-order valence-corrected chi connectivity index (χ1v) is 6.91. The minimum absolute atomic E-state index is 0.00162. The van der Waals surface area contributed by atoms with Crippen molar-refractivity contribution in [2.75, 3.05) is 19.7 Å². The standard InChI is InChI=1S/C14H18N2O6/c17-9-6-8(7-10(18)12(9)19)13(20)15-3-4-16-14(21)11-2-1-5-22-11/h6-7,11,17-19H,1-5H2,(H,15,20)(H,16,21). The van der Waals surface area contributed by atoms with Crippen LogP contribution in [0.4, 0.5) is 0 Å². The topological polar surface area (TPSA) is 128 Å². The summed E-state index contributed by atoms with van der Waals surface area (Å²) in [6.45, 7) is 1.00. The van der Waals surface area contributed by atoms with Crippen molar-refractivity contribution in [2.24, 2.45) is 0 Å². The average molecular weight is 310 g/mol. The first-order valence-electron chi connectivity index (χ1n) is 6.91. The second kappa shape index (κ2) is 6.99. The number of hydrogen-bond acceptors (Lipinski definition) is 6. The Morgan fingerprint density at radius 1 is 1.14 bits per heavy atom. The Hall–Kier alpha value is -2.48. The summed E-state index contributed by atoms with van der Waals surface area (Å²) in [5.74, 6) is -2.60. The molecule has 1 aromatic rings. The molecule has 8 heteroatoms. The lowest BCUT2D eigenvalue weighted by Gasteiger charge is -2.11. The number of hydrogen-bond donors (Lipinski definition) is 5. The third-order valence-corrected chi connectivity index (χ3v) is 3.26. The van der Waals surface area contributed by atoms with Crippen molar-refractivity contribution < 1.29 is 29.6 Å². The largest absolute Gasteiger partial charge is 0.504 e. The summed E-state index contributed by atoms with van der Waals surface area (Å²) in [5, 5.41) is 33.0. The Labute approximate surface area is 126 Å². The molecule has 0 radical (unpaired) electrons. The summed E-state index contributed by atoms with van der Waals surface area (Å²) in [5.41, 5.74) is -0.00162. The van der Waals surface area contributed by atoms with Crippen molar-refractivity contribution in [2.45, 2.75) is 18.9 Å². The van der Waals surface area contributed by atoms with E-state index < -0.39 is 29.3 Å². The van der Waals surface area contributed by atoms with Gasteiger partial charge in [0.25, 0.3) is 5.91 Å². The van der Waals surface area contributed by atoms with Crippen LogP contribution in [0.2, 0.25) is 0 Å². The van der Waals surface area contributed by atoms with Crippen LogP contribution in [0.25, 0.3) is 0 Å². The minimum Gasteiger partial charge on any atom is -0.504 e. The number of carbonyl (C=O) groups excluding carboxylic acids is 2. The van der Waals surface area contributed by atoms with Crippen molar-refractivity contribution in [1.82, 2.24) is 10.6 Å². The summed E-state index contributed by atoms with van der Waals surface area (Å²) in [7, 11) is 0. The molecule has 1 unspecified atom stereocenters. The van der Waals surface area contributed by atoms with Gasteiger partial charge in [0.05, 0.1) is 0 Å². The molecule has 8 nitrogen and oxygen atoms in total. The lowest BCUT2D eigenvalue weighted by molar-refractivity contribution is -0.129. The summed E-state index contributed by atoms with van der Waals surface area (Å²) in [4.78, 5) is 23.5.